The molecule has 0 fully saturated rings. The van der Waals surface area contributed by atoms with Gasteiger partial charge in [-0.1, -0.05) is 25.5 Å². The highest BCUT2D eigenvalue weighted by Gasteiger charge is 2.21. The number of rotatable bonds is 8. The number of carbonyl (C=O) groups is 1. The van der Waals surface area contributed by atoms with Gasteiger partial charge < -0.3 is 4.74 Å². The van der Waals surface area contributed by atoms with Gasteiger partial charge in [0.1, 0.15) is 0 Å². The number of ether oxygens (including phenoxy) is 1. The van der Waals surface area contributed by atoms with Gasteiger partial charge in [0.05, 0.1) is 17.5 Å². The summed E-state index contributed by atoms with van der Waals surface area (Å²) in [7, 11) is -2.12. The lowest BCUT2D eigenvalue weighted by atomic mass is 10.2. The maximum Gasteiger partial charge on any atom is 0.340 e. The average molecular weight is 367 g/mol. The second-order valence-corrected chi connectivity index (χ2v) is 7.51. The van der Waals surface area contributed by atoms with E-state index in [1.54, 1.807) is 22.9 Å². The molecule has 0 aliphatic carbocycles. The number of anilines is 1. The largest absolute Gasteiger partial charge is 0.454 e. The van der Waals surface area contributed by atoms with E-state index in [-0.39, 0.29) is 17.9 Å². The Balaban J connectivity index is 2.13. The number of esters is 1. The fraction of sp³-hybridized carbons (Fsp3) is 0.467. The molecule has 0 bridgehead atoms. The second kappa shape index (κ2) is 8.06. The molecule has 0 amide bonds. The molecule has 9 nitrogen and oxygen atoms in total. The van der Waals surface area contributed by atoms with E-state index >= 15 is 0 Å². The Hall–Kier alpha value is -2.49. The van der Waals surface area contributed by atoms with Crippen molar-refractivity contribution < 1.29 is 17.9 Å². The SMILES string of the molecule is CCCCn1nnnc1COC(=O)c1ccccc1N(C)S(C)(=O)=O. The van der Waals surface area contributed by atoms with Gasteiger partial charge in [-0.05, 0) is 29.0 Å². The van der Waals surface area contributed by atoms with Crippen molar-refractivity contribution in [3.05, 3.63) is 35.7 Å². The second-order valence-electron chi connectivity index (χ2n) is 5.50. The zero-order valence-electron chi connectivity index (χ0n) is 14.4. The summed E-state index contributed by atoms with van der Waals surface area (Å²) in [5, 5.41) is 11.3. The molecule has 2 rings (SSSR count). The quantitative estimate of drug-likeness (QED) is 0.646. The van der Waals surface area contributed by atoms with Gasteiger partial charge in [-0.2, -0.15) is 0 Å². The molecule has 0 atom stereocenters. The molecule has 0 aliphatic heterocycles. The van der Waals surface area contributed by atoms with E-state index in [2.05, 4.69) is 22.4 Å². The highest BCUT2D eigenvalue weighted by atomic mass is 32.2. The molecule has 0 spiro atoms. The summed E-state index contributed by atoms with van der Waals surface area (Å²) < 4.78 is 31.4. The van der Waals surface area contributed by atoms with E-state index in [9.17, 15) is 13.2 Å². The number of carbonyl (C=O) groups excluding carboxylic acids is 1. The predicted molar refractivity (Wildman–Crippen MR) is 91.5 cm³/mol. The fourth-order valence-electron chi connectivity index (χ4n) is 2.12. The minimum atomic E-state index is -3.50. The highest BCUT2D eigenvalue weighted by Crippen LogP contribution is 2.22. The number of sulfonamides is 1. The molecule has 0 aliphatic rings. The Morgan fingerprint density at radius 1 is 1.32 bits per heavy atom. The van der Waals surface area contributed by atoms with E-state index in [4.69, 9.17) is 4.74 Å². The molecule has 0 radical (unpaired) electrons. The highest BCUT2D eigenvalue weighted by molar-refractivity contribution is 7.92. The number of tetrazole rings is 1. The Morgan fingerprint density at radius 3 is 2.72 bits per heavy atom. The number of hydrogen-bond donors (Lipinski definition) is 0. The van der Waals surface area contributed by atoms with Crippen LogP contribution in [0.4, 0.5) is 5.69 Å². The number of para-hydroxylation sites is 1. The Kier molecular flexibility index (Phi) is 6.07. The maximum absolute atomic E-state index is 12.4. The molecule has 25 heavy (non-hydrogen) atoms. The van der Waals surface area contributed by atoms with Crippen LogP contribution in [-0.2, 0) is 27.9 Å². The van der Waals surface area contributed by atoms with Crippen molar-refractivity contribution in [1.29, 1.82) is 0 Å². The van der Waals surface area contributed by atoms with Gasteiger partial charge in [0.25, 0.3) is 0 Å². The molecular weight excluding hydrogens is 346 g/mol. The first-order valence-corrected chi connectivity index (χ1v) is 9.64. The smallest absolute Gasteiger partial charge is 0.340 e. The van der Waals surface area contributed by atoms with Crippen LogP contribution in [0.15, 0.2) is 24.3 Å². The van der Waals surface area contributed by atoms with Gasteiger partial charge in [0.2, 0.25) is 10.0 Å². The molecule has 1 aromatic carbocycles. The number of hydrogen-bond acceptors (Lipinski definition) is 7. The van der Waals surface area contributed by atoms with Crippen molar-refractivity contribution in [3.63, 3.8) is 0 Å². The molecule has 10 heteroatoms. The van der Waals surface area contributed by atoms with Crippen molar-refractivity contribution in [1.82, 2.24) is 20.2 Å². The van der Waals surface area contributed by atoms with Crippen molar-refractivity contribution >= 4 is 21.7 Å². The number of aryl methyl sites for hydroxylation is 1. The van der Waals surface area contributed by atoms with Gasteiger partial charge >= 0.3 is 5.97 Å². The third-order valence-electron chi connectivity index (χ3n) is 3.62. The van der Waals surface area contributed by atoms with Gasteiger partial charge in [-0.25, -0.2) is 17.9 Å². The Bertz CT molecular complexity index is 834. The average Bonchev–Trinajstić information content (AvgIpc) is 3.03. The minimum Gasteiger partial charge on any atom is -0.454 e. The van der Waals surface area contributed by atoms with E-state index < -0.39 is 16.0 Å². The van der Waals surface area contributed by atoms with Gasteiger partial charge in [0.15, 0.2) is 12.4 Å². The van der Waals surface area contributed by atoms with Gasteiger partial charge in [0, 0.05) is 13.6 Å². The summed E-state index contributed by atoms with van der Waals surface area (Å²) in [6, 6.07) is 6.35. The van der Waals surface area contributed by atoms with Crippen LogP contribution >= 0.6 is 0 Å². The summed E-state index contributed by atoms with van der Waals surface area (Å²) in [6.45, 7) is 2.61. The standard InChI is InChI=1S/C15H21N5O4S/c1-4-5-10-20-14(16-17-18-20)11-24-15(21)12-8-6-7-9-13(12)19(2)25(3,22)23/h6-9H,4-5,10-11H2,1-3H3. The van der Waals surface area contributed by atoms with Crippen LogP contribution in [0.1, 0.15) is 35.9 Å². The van der Waals surface area contributed by atoms with E-state index in [0.29, 0.717) is 12.4 Å². The predicted octanol–water partition coefficient (Wildman–Crippen LogP) is 1.23. The molecular formula is C15H21N5O4S. The van der Waals surface area contributed by atoms with E-state index in [0.717, 1.165) is 23.4 Å². The lowest BCUT2D eigenvalue weighted by Gasteiger charge is -2.19. The zero-order valence-corrected chi connectivity index (χ0v) is 15.2. The van der Waals surface area contributed by atoms with Crippen molar-refractivity contribution in [2.75, 3.05) is 17.6 Å². The third-order valence-corrected chi connectivity index (χ3v) is 4.81. The molecule has 0 saturated carbocycles. The fourth-order valence-corrected chi connectivity index (χ4v) is 2.63. The van der Waals surface area contributed by atoms with Crippen LogP contribution in [0.25, 0.3) is 0 Å². The van der Waals surface area contributed by atoms with E-state index in [1.807, 2.05) is 0 Å². The molecule has 0 N–H and O–H groups in total. The molecule has 1 aromatic heterocycles. The van der Waals surface area contributed by atoms with Crippen molar-refractivity contribution in [2.24, 2.45) is 0 Å². The normalized spacial score (nSPS) is 11.3. The number of benzene rings is 1. The summed E-state index contributed by atoms with van der Waals surface area (Å²) in [5.41, 5.74) is 0.406. The third kappa shape index (κ3) is 4.75. The molecule has 1 heterocycles. The first-order valence-electron chi connectivity index (χ1n) is 7.79. The maximum atomic E-state index is 12.4. The molecule has 2 aromatic rings. The van der Waals surface area contributed by atoms with Crippen LogP contribution in [0.5, 0.6) is 0 Å². The first-order chi connectivity index (χ1) is 11.8. The monoisotopic (exact) mass is 367 g/mol. The van der Waals surface area contributed by atoms with E-state index in [1.165, 1.54) is 13.1 Å². The van der Waals surface area contributed by atoms with Crippen molar-refractivity contribution in [3.8, 4) is 0 Å². The lowest BCUT2D eigenvalue weighted by Crippen LogP contribution is -2.27. The van der Waals surface area contributed by atoms with Crippen LogP contribution in [0.2, 0.25) is 0 Å². The summed E-state index contributed by atoms with van der Waals surface area (Å²) in [4.78, 5) is 12.4. The zero-order chi connectivity index (χ0) is 18.4. The topological polar surface area (TPSA) is 107 Å². The van der Waals surface area contributed by atoms with Gasteiger partial charge in [-0.3, -0.25) is 4.31 Å². The summed E-state index contributed by atoms with van der Waals surface area (Å²) >= 11 is 0. The lowest BCUT2D eigenvalue weighted by molar-refractivity contribution is 0.0457. The first kappa shape index (κ1) is 18.8. The van der Waals surface area contributed by atoms with Crippen LogP contribution in [0, 0.1) is 0 Å². The van der Waals surface area contributed by atoms with Crippen molar-refractivity contribution in [2.45, 2.75) is 32.9 Å². The molecule has 0 saturated heterocycles. The Labute approximate surface area is 146 Å². The van der Waals surface area contributed by atoms with Crippen LogP contribution < -0.4 is 4.31 Å². The number of nitrogens with zero attached hydrogens (tertiary/aromatic N) is 5. The number of aromatic nitrogens is 4. The number of unbranched alkanes of at least 4 members (excludes halogenated alkanes) is 1. The van der Waals surface area contributed by atoms with Gasteiger partial charge in [-0.15, -0.1) is 5.10 Å². The summed E-state index contributed by atoms with van der Waals surface area (Å²) in [6.07, 6.45) is 2.97. The molecule has 136 valence electrons. The summed E-state index contributed by atoms with van der Waals surface area (Å²) in [5.74, 6) is -0.202. The van der Waals surface area contributed by atoms with Crippen LogP contribution in [-0.4, -0.2) is 47.9 Å². The Morgan fingerprint density at radius 2 is 2.04 bits per heavy atom. The van der Waals surface area contributed by atoms with Crippen LogP contribution in [0.3, 0.4) is 0 Å². The minimum absolute atomic E-state index is 0.0908. The molecule has 0 unspecified atom stereocenters.